The van der Waals surface area contributed by atoms with Gasteiger partial charge in [0.05, 0.1) is 22.5 Å². The zero-order valence-corrected chi connectivity index (χ0v) is 13.3. The maximum absolute atomic E-state index is 12.2. The summed E-state index contributed by atoms with van der Waals surface area (Å²) in [5, 5.41) is 2.82. The maximum atomic E-state index is 12.2. The lowest BCUT2D eigenvalue weighted by molar-refractivity contribution is -0.122. The van der Waals surface area contributed by atoms with E-state index < -0.39 is 9.84 Å². The van der Waals surface area contributed by atoms with Crippen LogP contribution in [0.1, 0.15) is 19.2 Å². The second kappa shape index (κ2) is 5.72. The lowest BCUT2D eigenvalue weighted by Crippen LogP contribution is -2.37. The number of nitrogens with zero attached hydrogens (tertiary/aromatic N) is 2. The summed E-state index contributed by atoms with van der Waals surface area (Å²) >= 11 is 0. The number of hydrogen-bond acceptors (Lipinski definition) is 4. The molecule has 0 unspecified atom stereocenters. The molecule has 2 aromatic rings. The molecule has 1 aliphatic heterocycles. The van der Waals surface area contributed by atoms with Crippen molar-refractivity contribution < 1.29 is 13.2 Å². The highest BCUT2D eigenvalue weighted by molar-refractivity contribution is 7.91. The smallest absolute Gasteiger partial charge is 0.240 e. The van der Waals surface area contributed by atoms with Gasteiger partial charge in [0.2, 0.25) is 5.91 Å². The van der Waals surface area contributed by atoms with Gasteiger partial charge in [-0.15, -0.1) is 0 Å². The highest BCUT2D eigenvalue weighted by atomic mass is 32.2. The van der Waals surface area contributed by atoms with Crippen LogP contribution in [0.5, 0.6) is 0 Å². The molecule has 1 amide bonds. The fraction of sp³-hybridized carbons (Fsp3) is 0.467. The Labute approximate surface area is 129 Å². The minimum atomic E-state index is -2.98. The molecule has 0 radical (unpaired) electrons. The van der Waals surface area contributed by atoms with Crippen LogP contribution in [0.2, 0.25) is 0 Å². The number of hydrogen-bond donors (Lipinski definition) is 1. The number of carbonyl (C=O) groups excluding carboxylic acids is 1. The molecule has 1 aromatic carbocycles. The summed E-state index contributed by atoms with van der Waals surface area (Å²) in [5.41, 5.74) is 1.80. The van der Waals surface area contributed by atoms with Crippen LogP contribution in [-0.4, -0.2) is 41.4 Å². The minimum absolute atomic E-state index is 0.0457. The van der Waals surface area contributed by atoms with Crippen LogP contribution in [0.3, 0.4) is 0 Å². The third-order valence-corrected chi connectivity index (χ3v) is 5.72. The SMILES string of the molecule is CCc1nc2ccccc2n1CC(=O)N[C@@H]1CCS(=O)(=O)C1. The van der Waals surface area contributed by atoms with Gasteiger partial charge in [-0.1, -0.05) is 19.1 Å². The van der Waals surface area contributed by atoms with Gasteiger partial charge in [0.1, 0.15) is 12.4 Å². The van der Waals surface area contributed by atoms with Crippen LogP contribution in [-0.2, 0) is 27.6 Å². The van der Waals surface area contributed by atoms with Crippen molar-refractivity contribution in [2.45, 2.75) is 32.4 Å². The van der Waals surface area contributed by atoms with Gasteiger partial charge in [-0.3, -0.25) is 4.79 Å². The quantitative estimate of drug-likeness (QED) is 0.907. The number of benzene rings is 1. The standard InChI is InChI=1S/C15H19N3O3S/c1-2-14-17-12-5-3-4-6-13(12)18(14)9-15(19)16-11-7-8-22(20,21)10-11/h3-6,11H,2,7-10H2,1H3,(H,16,19)/t11-/m1/s1. The van der Waals surface area contributed by atoms with Crippen molar-refractivity contribution in [3.63, 3.8) is 0 Å². The molecule has 0 bridgehead atoms. The van der Waals surface area contributed by atoms with Crippen molar-refractivity contribution >= 4 is 26.8 Å². The monoisotopic (exact) mass is 321 g/mol. The number of para-hydroxylation sites is 2. The van der Waals surface area contributed by atoms with Gasteiger partial charge in [0.15, 0.2) is 9.84 Å². The molecule has 0 spiro atoms. The number of carbonyl (C=O) groups is 1. The number of imidazole rings is 1. The highest BCUT2D eigenvalue weighted by Crippen LogP contribution is 2.17. The van der Waals surface area contributed by atoms with E-state index in [1.807, 2.05) is 35.8 Å². The van der Waals surface area contributed by atoms with Crippen molar-refractivity contribution in [3.8, 4) is 0 Å². The van der Waals surface area contributed by atoms with Crippen LogP contribution in [0.4, 0.5) is 0 Å². The van der Waals surface area contributed by atoms with Gasteiger partial charge in [-0.05, 0) is 18.6 Å². The molecule has 1 saturated heterocycles. The summed E-state index contributed by atoms with van der Waals surface area (Å²) in [6.45, 7) is 2.17. The van der Waals surface area contributed by atoms with E-state index in [4.69, 9.17) is 0 Å². The molecular weight excluding hydrogens is 302 g/mol. The number of aryl methyl sites for hydroxylation is 1. The normalized spacial score (nSPS) is 20.3. The molecule has 0 aliphatic carbocycles. The van der Waals surface area contributed by atoms with E-state index in [0.717, 1.165) is 23.3 Å². The predicted octanol–water partition coefficient (Wildman–Crippen LogP) is 0.902. The number of amides is 1. The molecule has 0 saturated carbocycles. The van der Waals surface area contributed by atoms with Gasteiger partial charge in [0.25, 0.3) is 0 Å². The van der Waals surface area contributed by atoms with E-state index in [2.05, 4.69) is 10.3 Å². The first-order chi connectivity index (χ1) is 10.5. The van der Waals surface area contributed by atoms with Crippen LogP contribution >= 0.6 is 0 Å². The van der Waals surface area contributed by atoms with E-state index in [1.165, 1.54) is 0 Å². The first-order valence-corrected chi connectivity index (χ1v) is 9.24. The van der Waals surface area contributed by atoms with Crippen molar-refractivity contribution in [1.29, 1.82) is 0 Å². The zero-order chi connectivity index (χ0) is 15.7. The van der Waals surface area contributed by atoms with E-state index in [-0.39, 0.29) is 30.0 Å². The molecule has 1 N–H and O–H groups in total. The highest BCUT2D eigenvalue weighted by Gasteiger charge is 2.29. The molecule has 6 nitrogen and oxygen atoms in total. The Hall–Kier alpha value is -1.89. The van der Waals surface area contributed by atoms with Crippen LogP contribution in [0, 0.1) is 0 Å². The molecule has 118 valence electrons. The number of fused-ring (bicyclic) bond motifs is 1. The molecule has 1 fully saturated rings. The van der Waals surface area contributed by atoms with Crippen LogP contribution in [0.25, 0.3) is 11.0 Å². The van der Waals surface area contributed by atoms with Crippen molar-refractivity contribution in [2.75, 3.05) is 11.5 Å². The van der Waals surface area contributed by atoms with E-state index >= 15 is 0 Å². The minimum Gasteiger partial charge on any atom is -0.351 e. The predicted molar refractivity (Wildman–Crippen MR) is 84.3 cm³/mol. The lowest BCUT2D eigenvalue weighted by atomic mass is 10.2. The zero-order valence-electron chi connectivity index (χ0n) is 12.4. The average molecular weight is 321 g/mol. The Bertz CT molecular complexity index is 811. The Balaban J connectivity index is 1.77. The molecule has 22 heavy (non-hydrogen) atoms. The topological polar surface area (TPSA) is 81.1 Å². The summed E-state index contributed by atoms with van der Waals surface area (Å²) in [6.07, 6.45) is 1.24. The first-order valence-electron chi connectivity index (χ1n) is 7.42. The summed E-state index contributed by atoms with van der Waals surface area (Å²) in [6, 6.07) is 7.43. The van der Waals surface area contributed by atoms with Gasteiger partial charge < -0.3 is 9.88 Å². The van der Waals surface area contributed by atoms with E-state index in [0.29, 0.717) is 6.42 Å². The Morgan fingerprint density at radius 2 is 2.18 bits per heavy atom. The molecule has 1 aromatic heterocycles. The number of rotatable bonds is 4. The Morgan fingerprint density at radius 1 is 1.41 bits per heavy atom. The molecule has 1 atom stereocenters. The molecular formula is C15H19N3O3S. The van der Waals surface area contributed by atoms with Crippen molar-refractivity contribution in [2.24, 2.45) is 0 Å². The molecule has 2 heterocycles. The third kappa shape index (κ3) is 2.99. The summed E-state index contributed by atoms with van der Waals surface area (Å²) in [5.74, 6) is 0.895. The Kier molecular flexibility index (Phi) is 3.90. The maximum Gasteiger partial charge on any atom is 0.240 e. The number of sulfone groups is 1. The second-order valence-electron chi connectivity index (χ2n) is 5.62. The van der Waals surface area contributed by atoms with E-state index in [1.54, 1.807) is 0 Å². The van der Waals surface area contributed by atoms with Gasteiger partial charge >= 0.3 is 0 Å². The third-order valence-electron chi connectivity index (χ3n) is 3.95. The average Bonchev–Trinajstić information content (AvgIpc) is 2.99. The number of aromatic nitrogens is 2. The molecule has 7 heteroatoms. The largest absolute Gasteiger partial charge is 0.351 e. The summed E-state index contributed by atoms with van der Waals surface area (Å²) in [7, 11) is -2.98. The molecule has 1 aliphatic rings. The van der Waals surface area contributed by atoms with Gasteiger partial charge in [-0.2, -0.15) is 0 Å². The van der Waals surface area contributed by atoms with Crippen LogP contribution in [0.15, 0.2) is 24.3 Å². The first kappa shape index (κ1) is 15.0. The number of nitrogens with one attached hydrogen (secondary N) is 1. The van der Waals surface area contributed by atoms with Crippen molar-refractivity contribution in [3.05, 3.63) is 30.1 Å². The van der Waals surface area contributed by atoms with Gasteiger partial charge in [0, 0.05) is 12.5 Å². The van der Waals surface area contributed by atoms with Crippen LogP contribution < -0.4 is 5.32 Å². The van der Waals surface area contributed by atoms with E-state index in [9.17, 15) is 13.2 Å². The lowest BCUT2D eigenvalue weighted by Gasteiger charge is -2.13. The summed E-state index contributed by atoms with van der Waals surface area (Å²) < 4.78 is 24.8. The van der Waals surface area contributed by atoms with Crippen molar-refractivity contribution in [1.82, 2.24) is 14.9 Å². The van der Waals surface area contributed by atoms with Gasteiger partial charge in [-0.25, -0.2) is 13.4 Å². The molecule has 3 rings (SSSR count). The summed E-state index contributed by atoms with van der Waals surface area (Å²) in [4.78, 5) is 16.8. The fourth-order valence-electron chi connectivity index (χ4n) is 2.90. The second-order valence-corrected chi connectivity index (χ2v) is 7.85. The fourth-order valence-corrected chi connectivity index (χ4v) is 4.57. The Morgan fingerprint density at radius 3 is 2.86 bits per heavy atom.